The fourth-order valence-electron chi connectivity index (χ4n) is 2.69. The van der Waals surface area contributed by atoms with Gasteiger partial charge in [0.05, 0.1) is 17.8 Å². The Morgan fingerprint density at radius 1 is 1.47 bits per heavy atom. The van der Waals surface area contributed by atoms with Crippen molar-refractivity contribution < 1.29 is 5.11 Å². The lowest BCUT2D eigenvalue weighted by Crippen LogP contribution is -2.46. The Hall–Kier alpha value is -1.16. The largest absolute Gasteiger partial charge is 0.394 e. The lowest BCUT2D eigenvalue weighted by Gasteiger charge is -2.39. The van der Waals surface area contributed by atoms with Gasteiger partial charge in [0.25, 0.3) is 0 Å². The van der Waals surface area contributed by atoms with E-state index in [-0.39, 0.29) is 12.1 Å². The van der Waals surface area contributed by atoms with Gasteiger partial charge in [0.2, 0.25) is 0 Å². The molecule has 2 rings (SSSR count). The second-order valence-corrected chi connectivity index (χ2v) is 5.32. The third-order valence-corrected chi connectivity index (χ3v) is 3.59. The van der Waals surface area contributed by atoms with Crippen LogP contribution in [0.3, 0.4) is 0 Å². The number of aryl methyl sites for hydroxylation is 1. The van der Waals surface area contributed by atoms with Gasteiger partial charge in [0, 0.05) is 0 Å². The maximum atomic E-state index is 9.66. The monoisotopic (exact) mass is 235 g/mol. The fourth-order valence-corrected chi connectivity index (χ4v) is 2.69. The van der Waals surface area contributed by atoms with Gasteiger partial charge >= 0.3 is 0 Å². The number of aliphatic hydroxyl groups excluding tert-OH is 1. The van der Waals surface area contributed by atoms with Gasteiger partial charge in [-0.05, 0) is 37.8 Å². The van der Waals surface area contributed by atoms with E-state index in [0.717, 1.165) is 30.8 Å². The first-order chi connectivity index (χ1) is 8.13. The summed E-state index contributed by atoms with van der Waals surface area (Å²) in [6.45, 7) is 4.32. The summed E-state index contributed by atoms with van der Waals surface area (Å²) in [4.78, 5) is 0. The molecule has 0 radical (unpaired) electrons. The third-order valence-electron chi connectivity index (χ3n) is 3.59. The second kappa shape index (κ2) is 5.00. The van der Waals surface area contributed by atoms with Gasteiger partial charge in [-0.15, -0.1) is 5.10 Å². The van der Waals surface area contributed by atoms with Crippen molar-refractivity contribution in [1.82, 2.24) is 10.2 Å². The van der Waals surface area contributed by atoms with Crippen LogP contribution in [0.5, 0.6) is 0 Å². The molecule has 1 aliphatic carbocycles. The Bertz CT molecular complexity index is 365. The minimum Gasteiger partial charge on any atom is -0.394 e. The quantitative estimate of drug-likeness (QED) is 0.842. The van der Waals surface area contributed by atoms with Gasteiger partial charge in [0.15, 0.2) is 0 Å². The topological polar surface area (TPSA) is 58.0 Å². The maximum Gasteiger partial charge on any atom is 0.149 e. The Kier molecular flexibility index (Phi) is 3.62. The van der Waals surface area contributed by atoms with Crippen LogP contribution in [0.25, 0.3) is 0 Å². The summed E-state index contributed by atoms with van der Waals surface area (Å²) in [5, 5.41) is 21.2. The van der Waals surface area contributed by atoms with E-state index >= 15 is 0 Å². The van der Waals surface area contributed by atoms with Crippen molar-refractivity contribution in [3.63, 3.8) is 0 Å². The summed E-state index contributed by atoms with van der Waals surface area (Å²) in [5.41, 5.74) is 0.701. The summed E-state index contributed by atoms with van der Waals surface area (Å²) in [6, 6.07) is 3.87. The highest BCUT2D eigenvalue weighted by molar-refractivity contribution is 5.37. The predicted octanol–water partition coefficient (Wildman–Crippen LogP) is 2.14. The standard InChI is InChI=1S/C13H21N3O/c1-10-4-3-7-13(8-10,9-17)14-12-6-5-11(2)15-16-12/h5-6,10,17H,3-4,7-9H2,1-2H3,(H,14,16). The SMILES string of the molecule is Cc1ccc(NC2(CO)CCCC(C)C2)nn1. The van der Waals surface area contributed by atoms with Crippen molar-refractivity contribution in [3.05, 3.63) is 17.8 Å². The van der Waals surface area contributed by atoms with Crippen molar-refractivity contribution in [1.29, 1.82) is 0 Å². The van der Waals surface area contributed by atoms with Crippen LogP contribution in [-0.2, 0) is 0 Å². The van der Waals surface area contributed by atoms with E-state index in [2.05, 4.69) is 22.4 Å². The minimum atomic E-state index is -0.207. The number of anilines is 1. The lowest BCUT2D eigenvalue weighted by atomic mass is 9.77. The molecule has 0 aliphatic heterocycles. The Labute approximate surface area is 102 Å². The number of hydrogen-bond acceptors (Lipinski definition) is 4. The van der Waals surface area contributed by atoms with Gasteiger partial charge in [-0.3, -0.25) is 0 Å². The molecule has 2 unspecified atom stereocenters. The second-order valence-electron chi connectivity index (χ2n) is 5.32. The van der Waals surface area contributed by atoms with E-state index < -0.39 is 0 Å². The number of hydrogen-bond donors (Lipinski definition) is 2. The van der Waals surface area contributed by atoms with Crippen molar-refractivity contribution >= 4 is 5.82 Å². The molecule has 1 aliphatic rings. The fraction of sp³-hybridized carbons (Fsp3) is 0.692. The number of nitrogens with zero attached hydrogens (tertiary/aromatic N) is 2. The molecule has 1 aromatic heterocycles. The average molecular weight is 235 g/mol. The van der Waals surface area contributed by atoms with Crippen molar-refractivity contribution in [2.75, 3.05) is 11.9 Å². The molecule has 0 spiro atoms. The molecule has 1 aromatic rings. The van der Waals surface area contributed by atoms with E-state index in [4.69, 9.17) is 0 Å². The van der Waals surface area contributed by atoms with Crippen LogP contribution < -0.4 is 5.32 Å². The highest BCUT2D eigenvalue weighted by Crippen LogP contribution is 2.34. The summed E-state index contributed by atoms with van der Waals surface area (Å²) >= 11 is 0. The van der Waals surface area contributed by atoms with E-state index in [9.17, 15) is 5.11 Å². The van der Waals surface area contributed by atoms with E-state index in [1.54, 1.807) is 0 Å². The van der Waals surface area contributed by atoms with Crippen LogP contribution in [0, 0.1) is 12.8 Å². The molecule has 1 fully saturated rings. The smallest absolute Gasteiger partial charge is 0.149 e. The normalized spacial score (nSPS) is 29.0. The number of aromatic nitrogens is 2. The molecule has 4 heteroatoms. The van der Waals surface area contributed by atoms with Crippen molar-refractivity contribution in [2.45, 2.75) is 45.1 Å². The Morgan fingerprint density at radius 2 is 2.29 bits per heavy atom. The van der Waals surface area contributed by atoms with Crippen molar-refractivity contribution in [2.24, 2.45) is 5.92 Å². The highest BCUT2D eigenvalue weighted by atomic mass is 16.3. The average Bonchev–Trinajstić information content (AvgIpc) is 2.32. The third kappa shape index (κ3) is 2.94. The molecule has 2 atom stereocenters. The molecule has 94 valence electrons. The number of aliphatic hydroxyl groups is 1. The molecule has 0 aromatic carbocycles. The van der Waals surface area contributed by atoms with Gasteiger partial charge in [-0.25, -0.2) is 0 Å². The molecule has 0 bridgehead atoms. The Balaban J connectivity index is 2.10. The van der Waals surface area contributed by atoms with Gasteiger partial charge in [0.1, 0.15) is 5.82 Å². The zero-order chi connectivity index (χ0) is 12.3. The van der Waals surface area contributed by atoms with E-state index in [1.807, 2.05) is 19.1 Å². The molecule has 0 saturated heterocycles. The van der Waals surface area contributed by atoms with Crippen LogP contribution >= 0.6 is 0 Å². The summed E-state index contributed by atoms with van der Waals surface area (Å²) < 4.78 is 0. The van der Waals surface area contributed by atoms with Crippen LogP contribution in [-0.4, -0.2) is 27.4 Å². The molecule has 1 saturated carbocycles. The van der Waals surface area contributed by atoms with Crippen LogP contribution in [0.15, 0.2) is 12.1 Å². The molecular weight excluding hydrogens is 214 g/mol. The summed E-state index contributed by atoms with van der Waals surface area (Å²) in [5.74, 6) is 1.42. The van der Waals surface area contributed by atoms with E-state index in [0.29, 0.717) is 5.92 Å². The molecule has 4 nitrogen and oxygen atoms in total. The van der Waals surface area contributed by atoms with Crippen LogP contribution in [0.4, 0.5) is 5.82 Å². The number of nitrogens with one attached hydrogen (secondary N) is 1. The lowest BCUT2D eigenvalue weighted by molar-refractivity contribution is 0.149. The van der Waals surface area contributed by atoms with Crippen LogP contribution in [0.1, 0.15) is 38.3 Å². The minimum absolute atomic E-state index is 0.160. The predicted molar refractivity (Wildman–Crippen MR) is 67.8 cm³/mol. The van der Waals surface area contributed by atoms with Gasteiger partial charge in [-0.2, -0.15) is 5.10 Å². The van der Waals surface area contributed by atoms with E-state index in [1.165, 1.54) is 6.42 Å². The summed E-state index contributed by atoms with van der Waals surface area (Å²) in [7, 11) is 0. The zero-order valence-corrected chi connectivity index (χ0v) is 10.6. The molecule has 2 N–H and O–H groups in total. The maximum absolute atomic E-state index is 9.66. The highest BCUT2D eigenvalue weighted by Gasteiger charge is 2.34. The molecule has 17 heavy (non-hydrogen) atoms. The molecule has 1 heterocycles. The van der Waals surface area contributed by atoms with Crippen LogP contribution in [0.2, 0.25) is 0 Å². The molecule has 0 amide bonds. The van der Waals surface area contributed by atoms with Crippen molar-refractivity contribution in [3.8, 4) is 0 Å². The van der Waals surface area contributed by atoms with Gasteiger partial charge < -0.3 is 10.4 Å². The molecular formula is C13H21N3O. The zero-order valence-electron chi connectivity index (χ0n) is 10.6. The number of rotatable bonds is 3. The first-order valence-electron chi connectivity index (χ1n) is 6.33. The Morgan fingerprint density at radius 3 is 2.88 bits per heavy atom. The first-order valence-corrected chi connectivity index (χ1v) is 6.33. The summed E-state index contributed by atoms with van der Waals surface area (Å²) in [6.07, 6.45) is 4.42. The first kappa shape index (κ1) is 12.3. The van der Waals surface area contributed by atoms with Gasteiger partial charge in [-0.1, -0.05) is 19.8 Å².